The first-order valence-corrected chi connectivity index (χ1v) is 6.34. The van der Waals surface area contributed by atoms with Gasteiger partial charge in [-0.3, -0.25) is 0 Å². The molecule has 2 aromatic carbocycles. The van der Waals surface area contributed by atoms with E-state index in [1.165, 1.54) is 10.8 Å². The first-order valence-electron chi connectivity index (χ1n) is 6.34. The van der Waals surface area contributed by atoms with Gasteiger partial charge in [-0.25, -0.2) is 4.79 Å². The van der Waals surface area contributed by atoms with Crippen molar-refractivity contribution in [2.75, 3.05) is 6.54 Å². The molecule has 0 aliphatic carbocycles. The number of benzene rings is 2. The van der Waals surface area contributed by atoms with Crippen LogP contribution in [0, 0.1) is 0 Å². The SMILES string of the molecule is C=CCNC(=O)N[C@@H](C)c1ccc2ccccc2c1. The summed E-state index contributed by atoms with van der Waals surface area (Å²) in [5.74, 6) is 0. The molecule has 0 bridgehead atoms. The van der Waals surface area contributed by atoms with Crippen LogP contribution in [0.1, 0.15) is 18.5 Å². The van der Waals surface area contributed by atoms with E-state index in [0.717, 1.165) is 5.56 Å². The highest BCUT2D eigenvalue weighted by atomic mass is 16.2. The maximum atomic E-state index is 11.6. The minimum atomic E-state index is -0.180. The van der Waals surface area contributed by atoms with Crippen LogP contribution >= 0.6 is 0 Å². The Bertz CT molecular complexity index is 592. The Balaban J connectivity index is 2.10. The molecule has 0 radical (unpaired) electrons. The molecular weight excluding hydrogens is 236 g/mol. The highest BCUT2D eigenvalue weighted by Crippen LogP contribution is 2.20. The number of hydrogen-bond donors (Lipinski definition) is 2. The maximum absolute atomic E-state index is 11.6. The summed E-state index contributed by atoms with van der Waals surface area (Å²) in [6.45, 7) is 6.00. The molecule has 19 heavy (non-hydrogen) atoms. The summed E-state index contributed by atoms with van der Waals surface area (Å²) in [6.07, 6.45) is 1.65. The number of urea groups is 1. The van der Waals surface area contributed by atoms with Crippen molar-refractivity contribution in [2.24, 2.45) is 0 Å². The lowest BCUT2D eigenvalue weighted by Gasteiger charge is -2.15. The van der Waals surface area contributed by atoms with Gasteiger partial charge in [-0.05, 0) is 29.3 Å². The van der Waals surface area contributed by atoms with Crippen LogP contribution in [0.25, 0.3) is 10.8 Å². The van der Waals surface area contributed by atoms with Crippen LogP contribution in [0.3, 0.4) is 0 Å². The third kappa shape index (κ3) is 3.35. The number of nitrogens with one attached hydrogen (secondary N) is 2. The summed E-state index contributed by atoms with van der Waals surface area (Å²) in [5.41, 5.74) is 1.09. The van der Waals surface area contributed by atoms with Crippen LogP contribution < -0.4 is 10.6 Å². The van der Waals surface area contributed by atoms with Gasteiger partial charge in [0.15, 0.2) is 0 Å². The third-order valence-electron chi connectivity index (χ3n) is 3.03. The molecular formula is C16H18N2O. The number of fused-ring (bicyclic) bond motifs is 1. The first kappa shape index (κ1) is 13.1. The zero-order valence-electron chi connectivity index (χ0n) is 11.0. The van der Waals surface area contributed by atoms with E-state index in [0.29, 0.717) is 6.54 Å². The summed E-state index contributed by atoms with van der Waals surface area (Å²) >= 11 is 0. The Morgan fingerprint density at radius 2 is 2.00 bits per heavy atom. The van der Waals surface area contributed by atoms with Gasteiger partial charge in [0.25, 0.3) is 0 Å². The fourth-order valence-electron chi connectivity index (χ4n) is 1.97. The van der Waals surface area contributed by atoms with E-state index in [1.807, 2.05) is 25.1 Å². The Labute approximate surface area is 113 Å². The zero-order chi connectivity index (χ0) is 13.7. The molecule has 98 valence electrons. The molecule has 0 saturated heterocycles. The van der Waals surface area contributed by atoms with Crippen LogP contribution in [-0.4, -0.2) is 12.6 Å². The normalized spacial score (nSPS) is 11.8. The molecule has 2 aromatic rings. The molecule has 2 amide bonds. The Kier molecular flexibility index (Phi) is 4.18. The summed E-state index contributed by atoms with van der Waals surface area (Å²) in [6, 6.07) is 14.2. The van der Waals surface area contributed by atoms with Crippen molar-refractivity contribution >= 4 is 16.8 Å². The van der Waals surface area contributed by atoms with Gasteiger partial charge in [-0.15, -0.1) is 6.58 Å². The van der Waals surface area contributed by atoms with E-state index >= 15 is 0 Å². The van der Waals surface area contributed by atoms with Gasteiger partial charge in [0, 0.05) is 6.54 Å². The van der Waals surface area contributed by atoms with Crippen molar-refractivity contribution in [3.63, 3.8) is 0 Å². The Morgan fingerprint density at radius 1 is 1.26 bits per heavy atom. The Hall–Kier alpha value is -2.29. The minimum absolute atomic E-state index is 0.0329. The van der Waals surface area contributed by atoms with E-state index in [-0.39, 0.29) is 12.1 Å². The average molecular weight is 254 g/mol. The highest BCUT2D eigenvalue weighted by molar-refractivity contribution is 5.83. The summed E-state index contributed by atoms with van der Waals surface area (Å²) < 4.78 is 0. The largest absolute Gasteiger partial charge is 0.335 e. The standard InChI is InChI=1S/C16H18N2O/c1-3-10-17-16(19)18-12(2)14-9-8-13-6-4-5-7-15(13)11-14/h3-9,11-12H,1,10H2,2H3,(H2,17,18,19)/t12-/m0/s1. The van der Waals surface area contributed by atoms with Crippen LogP contribution in [0.2, 0.25) is 0 Å². The van der Waals surface area contributed by atoms with Crippen molar-refractivity contribution in [1.82, 2.24) is 10.6 Å². The van der Waals surface area contributed by atoms with E-state index in [9.17, 15) is 4.79 Å². The molecule has 0 saturated carbocycles. The monoisotopic (exact) mass is 254 g/mol. The lowest BCUT2D eigenvalue weighted by Crippen LogP contribution is -2.37. The second-order valence-electron chi connectivity index (χ2n) is 4.47. The average Bonchev–Trinajstić information content (AvgIpc) is 2.44. The topological polar surface area (TPSA) is 41.1 Å². The molecule has 0 heterocycles. The molecule has 3 nitrogen and oxygen atoms in total. The lowest BCUT2D eigenvalue weighted by molar-refractivity contribution is 0.239. The Morgan fingerprint density at radius 3 is 2.74 bits per heavy atom. The smallest absolute Gasteiger partial charge is 0.315 e. The third-order valence-corrected chi connectivity index (χ3v) is 3.03. The predicted octanol–water partition coefficient (Wildman–Crippen LogP) is 3.39. The molecule has 2 N–H and O–H groups in total. The van der Waals surface area contributed by atoms with Crippen molar-refractivity contribution in [2.45, 2.75) is 13.0 Å². The molecule has 0 aliphatic rings. The first-order chi connectivity index (χ1) is 9.20. The van der Waals surface area contributed by atoms with Crippen molar-refractivity contribution in [3.8, 4) is 0 Å². The van der Waals surface area contributed by atoms with Crippen molar-refractivity contribution in [1.29, 1.82) is 0 Å². The number of hydrogen-bond acceptors (Lipinski definition) is 1. The van der Waals surface area contributed by atoms with Gasteiger partial charge in [-0.1, -0.05) is 42.5 Å². The fraction of sp³-hybridized carbons (Fsp3) is 0.188. The fourth-order valence-corrected chi connectivity index (χ4v) is 1.97. The van der Waals surface area contributed by atoms with E-state index < -0.39 is 0 Å². The van der Waals surface area contributed by atoms with Crippen molar-refractivity contribution < 1.29 is 4.79 Å². The number of carbonyl (C=O) groups excluding carboxylic acids is 1. The summed E-state index contributed by atoms with van der Waals surface area (Å²) in [4.78, 5) is 11.6. The summed E-state index contributed by atoms with van der Waals surface area (Å²) in [7, 11) is 0. The summed E-state index contributed by atoms with van der Waals surface area (Å²) in [5, 5.41) is 7.98. The number of carbonyl (C=O) groups is 1. The molecule has 2 rings (SSSR count). The molecule has 0 aromatic heterocycles. The van der Waals surface area contributed by atoms with Gasteiger partial charge in [-0.2, -0.15) is 0 Å². The number of rotatable bonds is 4. The van der Waals surface area contributed by atoms with Crippen LogP contribution in [-0.2, 0) is 0 Å². The predicted molar refractivity (Wildman–Crippen MR) is 79.1 cm³/mol. The second kappa shape index (κ2) is 6.05. The molecule has 0 spiro atoms. The zero-order valence-corrected chi connectivity index (χ0v) is 11.0. The molecule has 0 fully saturated rings. The van der Waals surface area contributed by atoms with E-state index in [2.05, 4.69) is 41.5 Å². The van der Waals surface area contributed by atoms with Gasteiger partial charge < -0.3 is 10.6 Å². The van der Waals surface area contributed by atoms with Gasteiger partial charge in [0.2, 0.25) is 0 Å². The minimum Gasteiger partial charge on any atom is -0.335 e. The molecule has 3 heteroatoms. The van der Waals surface area contributed by atoms with E-state index in [4.69, 9.17) is 0 Å². The quantitative estimate of drug-likeness (QED) is 0.807. The molecule has 0 aliphatic heterocycles. The highest BCUT2D eigenvalue weighted by Gasteiger charge is 2.08. The van der Waals surface area contributed by atoms with E-state index in [1.54, 1.807) is 6.08 Å². The van der Waals surface area contributed by atoms with Crippen molar-refractivity contribution in [3.05, 3.63) is 60.7 Å². The second-order valence-corrected chi connectivity index (χ2v) is 4.47. The van der Waals surface area contributed by atoms with Crippen LogP contribution in [0.4, 0.5) is 4.79 Å². The van der Waals surface area contributed by atoms with Gasteiger partial charge in [0.05, 0.1) is 6.04 Å². The number of amides is 2. The molecule has 1 atom stereocenters. The molecule has 0 unspecified atom stereocenters. The van der Waals surface area contributed by atoms with Gasteiger partial charge >= 0.3 is 6.03 Å². The van der Waals surface area contributed by atoms with Gasteiger partial charge in [0.1, 0.15) is 0 Å². The van der Waals surface area contributed by atoms with Crippen LogP contribution in [0.5, 0.6) is 0 Å². The maximum Gasteiger partial charge on any atom is 0.315 e. The van der Waals surface area contributed by atoms with Crippen LogP contribution in [0.15, 0.2) is 55.1 Å². The lowest BCUT2D eigenvalue weighted by atomic mass is 10.0.